The van der Waals surface area contributed by atoms with Crippen molar-refractivity contribution in [3.05, 3.63) is 0 Å². The molecule has 6 heteroatoms. The van der Waals surface area contributed by atoms with E-state index in [0.29, 0.717) is 12.3 Å². The number of hydrogen-bond donors (Lipinski definition) is 2. The summed E-state index contributed by atoms with van der Waals surface area (Å²) in [4.78, 5) is 13.5. The van der Waals surface area contributed by atoms with Crippen LogP contribution < -0.4 is 5.73 Å². The second-order valence-electron chi connectivity index (χ2n) is 5.56. The van der Waals surface area contributed by atoms with Gasteiger partial charge in [0.25, 0.3) is 5.91 Å². The van der Waals surface area contributed by atoms with Crippen LogP contribution >= 0.6 is 0 Å². The van der Waals surface area contributed by atoms with Gasteiger partial charge in [0.15, 0.2) is 0 Å². The number of carbonyl (C=O) groups excluding carboxylic acids is 1. The van der Waals surface area contributed by atoms with Gasteiger partial charge < -0.3 is 20.3 Å². The van der Waals surface area contributed by atoms with E-state index < -0.39 is 18.1 Å². The van der Waals surface area contributed by atoms with Crippen LogP contribution in [0.1, 0.15) is 38.5 Å². The number of amides is 1. The fourth-order valence-corrected chi connectivity index (χ4v) is 2.78. The van der Waals surface area contributed by atoms with Crippen LogP contribution in [0, 0.1) is 5.92 Å². The summed E-state index contributed by atoms with van der Waals surface area (Å²) in [5, 5.41) is 10.1. The SMILES string of the molecule is COCN(COC)C(=O)C(O)[C@H](N)CC1CCCCC1. The minimum absolute atomic E-state index is 0.0832. The molecule has 0 aliphatic heterocycles. The van der Waals surface area contributed by atoms with E-state index >= 15 is 0 Å². The highest BCUT2D eigenvalue weighted by atomic mass is 16.5. The fraction of sp³-hybridized carbons (Fsp3) is 0.929. The number of aliphatic hydroxyl groups is 1. The molecule has 3 N–H and O–H groups in total. The zero-order chi connectivity index (χ0) is 15.0. The van der Waals surface area contributed by atoms with Crippen LogP contribution in [0.2, 0.25) is 0 Å². The van der Waals surface area contributed by atoms with Gasteiger partial charge in [0.05, 0.1) is 0 Å². The Morgan fingerprint density at radius 2 is 1.80 bits per heavy atom. The molecule has 1 amide bonds. The number of carbonyl (C=O) groups is 1. The first kappa shape index (κ1) is 17.4. The van der Waals surface area contributed by atoms with Gasteiger partial charge in [-0.2, -0.15) is 0 Å². The molecule has 1 rings (SSSR count). The molecule has 1 fully saturated rings. The number of aliphatic hydroxyl groups excluding tert-OH is 1. The summed E-state index contributed by atoms with van der Waals surface area (Å²) in [5.41, 5.74) is 6.00. The van der Waals surface area contributed by atoms with Crippen molar-refractivity contribution in [3.63, 3.8) is 0 Å². The van der Waals surface area contributed by atoms with Crippen LogP contribution in [0.5, 0.6) is 0 Å². The lowest BCUT2D eigenvalue weighted by atomic mass is 9.84. The number of nitrogens with two attached hydrogens (primary N) is 1. The predicted octanol–water partition coefficient (Wildman–Crippen LogP) is 0.681. The molecule has 118 valence electrons. The molecule has 20 heavy (non-hydrogen) atoms. The standard InChI is InChI=1S/C14H28N2O4/c1-19-9-16(10-20-2)14(18)13(17)12(15)8-11-6-4-3-5-7-11/h11-13,17H,3-10,15H2,1-2H3/t12-,13?/m1/s1. The molecule has 6 nitrogen and oxygen atoms in total. The molecule has 0 saturated heterocycles. The number of hydrogen-bond acceptors (Lipinski definition) is 5. The lowest BCUT2D eigenvalue weighted by Gasteiger charge is -2.29. The Labute approximate surface area is 121 Å². The predicted molar refractivity (Wildman–Crippen MR) is 75.8 cm³/mol. The Morgan fingerprint density at radius 3 is 2.30 bits per heavy atom. The van der Waals surface area contributed by atoms with Crippen LogP contribution in [0.25, 0.3) is 0 Å². The summed E-state index contributed by atoms with van der Waals surface area (Å²) in [6, 6.07) is -0.526. The number of nitrogens with zero attached hydrogens (tertiary/aromatic N) is 1. The second kappa shape index (κ2) is 9.28. The van der Waals surface area contributed by atoms with E-state index in [1.165, 1.54) is 38.4 Å². The maximum atomic E-state index is 12.1. The van der Waals surface area contributed by atoms with Crippen LogP contribution in [0.15, 0.2) is 0 Å². The lowest BCUT2D eigenvalue weighted by Crippen LogP contribution is -2.50. The maximum Gasteiger partial charge on any atom is 0.256 e. The highest BCUT2D eigenvalue weighted by Gasteiger charge is 2.29. The summed E-state index contributed by atoms with van der Waals surface area (Å²) < 4.78 is 9.86. The molecule has 1 unspecified atom stereocenters. The third-order valence-electron chi connectivity index (χ3n) is 3.87. The first-order valence-corrected chi connectivity index (χ1v) is 7.30. The van der Waals surface area contributed by atoms with Crippen molar-refractivity contribution in [2.24, 2.45) is 11.7 Å². The zero-order valence-electron chi connectivity index (χ0n) is 12.6. The third kappa shape index (κ3) is 5.36. The van der Waals surface area contributed by atoms with Gasteiger partial charge in [0.2, 0.25) is 0 Å². The smallest absolute Gasteiger partial charge is 0.256 e. The highest BCUT2D eigenvalue weighted by Crippen LogP contribution is 2.27. The molecule has 0 aromatic heterocycles. The molecule has 0 spiro atoms. The number of rotatable bonds is 8. The van der Waals surface area contributed by atoms with Crippen LogP contribution in [0.4, 0.5) is 0 Å². The van der Waals surface area contributed by atoms with E-state index in [2.05, 4.69) is 0 Å². The molecule has 0 heterocycles. The Balaban J connectivity index is 2.47. The Morgan fingerprint density at radius 1 is 1.25 bits per heavy atom. The molecule has 1 aliphatic rings. The molecular formula is C14H28N2O4. The number of ether oxygens (including phenoxy) is 2. The minimum Gasteiger partial charge on any atom is -0.382 e. The summed E-state index contributed by atoms with van der Waals surface area (Å²) >= 11 is 0. The summed E-state index contributed by atoms with van der Waals surface area (Å²) in [7, 11) is 2.98. The van der Waals surface area contributed by atoms with Gasteiger partial charge in [0, 0.05) is 20.3 Å². The van der Waals surface area contributed by atoms with Crippen molar-refractivity contribution >= 4 is 5.91 Å². The van der Waals surface area contributed by atoms with Crippen molar-refractivity contribution in [1.82, 2.24) is 4.90 Å². The first-order chi connectivity index (χ1) is 9.60. The lowest BCUT2D eigenvalue weighted by molar-refractivity contribution is -0.152. The average molecular weight is 288 g/mol. The van der Waals surface area contributed by atoms with Crippen molar-refractivity contribution in [2.45, 2.75) is 50.7 Å². The van der Waals surface area contributed by atoms with E-state index in [1.54, 1.807) is 0 Å². The molecule has 1 saturated carbocycles. The first-order valence-electron chi connectivity index (χ1n) is 7.30. The summed E-state index contributed by atoms with van der Waals surface area (Å²) in [6.45, 7) is 0.166. The van der Waals surface area contributed by atoms with Gasteiger partial charge in [-0.15, -0.1) is 0 Å². The summed E-state index contributed by atoms with van der Waals surface area (Å²) in [6.07, 6.45) is 5.52. The monoisotopic (exact) mass is 288 g/mol. The normalized spacial score (nSPS) is 19.6. The fourth-order valence-electron chi connectivity index (χ4n) is 2.78. The molecule has 0 aromatic carbocycles. The molecule has 0 bridgehead atoms. The maximum absolute atomic E-state index is 12.1. The summed E-state index contributed by atoms with van der Waals surface area (Å²) in [5.74, 6) is 0.0940. The van der Waals surface area contributed by atoms with E-state index in [-0.39, 0.29) is 13.5 Å². The topological polar surface area (TPSA) is 85.0 Å². The van der Waals surface area contributed by atoms with Crippen molar-refractivity contribution in [1.29, 1.82) is 0 Å². The van der Waals surface area contributed by atoms with Crippen molar-refractivity contribution in [2.75, 3.05) is 27.7 Å². The second-order valence-corrected chi connectivity index (χ2v) is 5.56. The molecule has 0 radical (unpaired) electrons. The van der Waals surface area contributed by atoms with Crippen molar-refractivity contribution < 1.29 is 19.4 Å². The van der Waals surface area contributed by atoms with Crippen LogP contribution in [0.3, 0.4) is 0 Å². The van der Waals surface area contributed by atoms with Gasteiger partial charge in [-0.05, 0) is 12.3 Å². The van der Waals surface area contributed by atoms with Gasteiger partial charge in [-0.3, -0.25) is 9.69 Å². The Hall–Kier alpha value is -0.690. The highest BCUT2D eigenvalue weighted by molar-refractivity contribution is 5.81. The van der Waals surface area contributed by atoms with Gasteiger partial charge in [-0.25, -0.2) is 0 Å². The van der Waals surface area contributed by atoms with Gasteiger partial charge in [-0.1, -0.05) is 32.1 Å². The van der Waals surface area contributed by atoms with E-state index in [4.69, 9.17) is 15.2 Å². The largest absolute Gasteiger partial charge is 0.382 e. The van der Waals surface area contributed by atoms with Crippen LogP contribution in [-0.2, 0) is 14.3 Å². The van der Waals surface area contributed by atoms with Gasteiger partial charge in [0.1, 0.15) is 19.6 Å². The third-order valence-corrected chi connectivity index (χ3v) is 3.87. The van der Waals surface area contributed by atoms with Crippen LogP contribution in [-0.4, -0.2) is 55.7 Å². The minimum atomic E-state index is -1.19. The van der Waals surface area contributed by atoms with E-state index in [0.717, 1.165) is 12.8 Å². The Bertz CT molecular complexity index is 276. The molecule has 0 aromatic rings. The quantitative estimate of drug-likeness (QED) is 0.642. The molecular weight excluding hydrogens is 260 g/mol. The van der Waals surface area contributed by atoms with E-state index in [9.17, 15) is 9.90 Å². The zero-order valence-corrected chi connectivity index (χ0v) is 12.6. The Kier molecular flexibility index (Phi) is 8.06. The van der Waals surface area contributed by atoms with Gasteiger partial charge >= 0.3 is 0 Å². The van der Waals surface area contributed by atoms with Crippen molar-refractivity contribution in [3.8, 4) is 0 Å². The number of methoxy groups -OCH3 is 2. The molecule has 2 atom stereocenters. The van der Waals surface area contributed by atoms with E-state index in [1.807, 2.05) is 0 Å². The average Bonchev–Trinajstić information content (AvgIpc) is 2.46. The molecule has 1 aliphatic carbocycles.